The fraction of sp³-hybridized carbons (Fsp3) is 0.250. The van der Waals surface area contributed by atoms with Gasteiger partial charge in [0, 0.05) is 34.2 Å². The van der Waals surface area contributed by atoms with Crippen LogP contribution < -0.4 is 16.8 Å². The number of hydrogen-bond acceptors (Lipinski definition) is 4. The summed E-state index contributed by atoms with van der Waals surface area (Å²) >= 11 is 6.00. The van der Waals surface area contributed by atoms with Gasteiger partial charge in [-0.15, -0.1) is 0 Å². The number of hydrogen-bond donors (Lipinski definition) is 3. The van der Waals surface area contributed by atoms with Crippen LogP contribution in [0.25, 0.3) is 10.8 Å². The van der Waals surface area contributed by atoms with E-state index in [0.717, 1.165) is 29.6 Å². The minimum Gasteiger partial charge on any atom is -0.398 e. The summed E-state index contributed by atoms with van der Waals surface area (Å²) in [6.07, 6.45) is 2.63. The Kier molecular flexibility index (Phi) is 3.66. The number of anilines is 2. The minimum atomic E-state index is 0.616. The Morgan fingerprint density at radius 2 is 2.12 bits per heavy atom. The van der Waals surface area contributed by atoms with E-state index in [1.165, 1.54) is 0 Å². The fourth-order valence-corrected chi connectivity index (χ4v) is 1.95. The molecule has 1 aromatic carbocycles. The average Bonchev–Trinajstić information content (AvgIpc) is 2.30. The first-order valence-electron chi connectivity index (χ1n) is 5.50. The number of halogens is 1. The predicted molar refractivity (Wildman–Crippen MR) is 73.3 cm³/mol. The van der Waals surface area contributed by atoms with E-state index >= 15 is 0 Å². The maximum Gasteiger partial charge on any atom is 0.133 e. The lowest BCUT2D eigenvalue weighted by Gasteiger charge is -2.10. The van der Waals surface area contributed by atoms with Crippen LogP contribution in [0.4, 0.5) is 11.5 Å². The first kappa shape index (κ1) is 12.0. The van der Waals surface area contributed by atoms with Gasteiger partial charge in [0.2, 0.25) is 0 Å². The molecule has 0 saturated heterocycles. The molecule has 90 valence electrons. The third-order valence-electron chi connectivity index (χ3n) is 2.55. The van der Waals surface area contributed by atoms with Crippen molar-refractivity contribution in [3.8, 4) is 0 Å². The van der Waals surface area contributed by atoms with Gasteiger partial charge in [-0.2, -0.15) is 0 Å². The smallest absolute Gasteiger partial charge is 0.133 e. The van der Waals surface area contributed by atoms with Gasteiger partial charge >= 0.3 is 0 Å². The zero-order valence-corrected chi connectivity index (χ0v) is 10.2. The lowest BCUT2D eigenvalue weighted by molar-refractivity contribution is 0.871. The molecule has 17 heavy (non-hydrogen) atoms. The van der Waals surface area contributed by atoms with Gasteiger partial charge in [-0.3, -0.25) is 0 Å². The highest BCUT2D eigenvalue weighted by Crippen LogP contribution is 2.29. The third-order valence-corrected chi connectivity index (χ3v) is 2.77. The van der Waals surface area contributed by atoms with Crippen molar-refractivity contribution < 1.29 is 0 Å². The van der Waals surface area contributed by atoms with Crippen LogP contribution in [0.5, 0.6) is 0 Å². The Balaban J connectivity index is 2.42. The summed E-state index contributed by atoms with van der Waals surface area (Å²) in [5.74, 6) is 0.796. The molecule has 0 fully saturated rings. The topological polar surface area (TPSA) is 77.0 Å². The Morgan fingerprint density at radius 3 is 2.88 bits per heavy atom. The fourth-order valence-electron chi connectivity index (χ4n) is 1.73. The zero-order chi connectivity index (χ0) is 12.3. The van der Waals surface area contributed by atoms with Crippen molar-refractivity contribution in [2.45, 2.75) is 6.42 Å². The molecule has 0 amide bonds. The normalized spacial score (nSPS) is 10.7. The summed E-state index contributed by atoms with van der Waals surface area (Å²) in [6, 6.07) is 5.49. The monoisotopic (exact) mass is 250 g/mol. The standard InChI is InChI=1S/C12H15ClN4/c13-8-6-10-9(11(15)7-8)2-5-17-12(10)16-4-1-3-14/h2,5-7H,1,3-4,14-15H2,(H,16,17). The first-order chi connectivity index (χ1) is 8.22. The molecule has 1 aromatic heterocycles. The Bertz CT molecular complexity index is 527. The largest absolute Gasteiger partial charge is 0.398 e. The molecule has 0 saturated carbocycles. The van der Waals surface area contributed by atoms with Gasteiger partial charge in [0.1, 0.15) is 5.82 Å². The summed E-state index contributed by atoms with van der Waals surface area (Å²) in [5.41, 5.74) is 12.0. The molecule has 2 rings (SSSR count). The third kappa shape index (κ3) is 2.60. The van der Waals surface area contributed by atoms with Crippen molar-refractivity contribution in [2.75, 3.05) is 24.1 Å². The average molecular weight is 251 g/mol. The maximum atomic E-state index is 6.00. The van der Waals surface area contributed by atoms with Crippen LogP contribution in [0, 0.1) is 0 Å². The molecule has 1 heterocycles. The molecular weight excluding hydrogens is 236 g/mol. The highest BCUT2D eigenvalue weighted by atomic mass is 35.5. The molecule has 0 bridgehead atoms. The second-order valence-corrected chi connectivity index (χ2v) is 4.26. The van der Waals surface area contributed by atoms with Crippen LogP contribution in [-0.4, -0.2) is 18.1 Å². The molecule has 0 spiro atoms. The minimum absolute atomic E-state index is 0.616. The van der Waals surface area contributed by atoms with Crippen LogP contribution in [0.3, 0.4) is 0 Å². The van der Waals surface area contributed by atoms with Gasteiger partial charge < -0.3 is 16.8 Å². The van der Waals surface area contributed by atoms with Crippen molar-refractivity contribution in [3.05, 3.63) is 29.4 Å². The molecule has 0 aliphatic rings. The lowest BCUT2D eigenvalue weighted by atomic mass is 10.1. The zero-order valence-electron chi connectivity index (χ0n) is 9.41. The van der Waals surface area contributed by atoms with Gasteiger partial charge in [0.25, 0.3) is 0 Å². The Labute approximate surface area is 105 Å². The van der Waals surface area contributed by atoms with Crippen LogP contribution in [0.1, 0.15) is 6.42 Å². The number of fused-ring (bicyclic) bond motifs is 1. The number of rotatable bonds is 4. The summed E-state index contributed by atoms with van der Waals surface area (Å²) in [7, 11) is 0. The molecule has 0 unspecified atom stereocenters. The van der Waals surface area contributed by atoms with Crippen molar-refractivity contribution >= 4 is 33.9 Å². The van der Waals surface area contributed by atoms with Crippen LogP contribution >= 0.6 is 11.6 Å². The number of nitrogens with one attached hydrogen (secondary N) is 1. The van der Waals surface area contributed by atoms with Gasteiger partial charge in [-0.05, 0) is 31.2 Å². The van der Waals surface area contributed by atoms with Crippen molar-refractivity contribution in [3.63, 3.8) is 0 Å². The number of benzene rings is 1. The van der Waals surface area contributed by atoms with Gasteiger partial charge in [0.05, 0.1) is 0 Å². The SMILES string of the molecule is NCCCNc1nccc2c(N)cc(Cl)cc12. The van der Waals surface area contributed by atoms with Crippen LogP contribution in [-0.2, 0) is 0 Å². The summed E-state index contributed by atoms with van der Waals surface area (Å²) in [4.78, 5) is 4.29. The van der Waals surface area contributed by atoms with Gasteiger partial charge in [-0.25, -0.2) is 4.98 Å². The van der Waals surface area contributed by atoms with Crippen molar-refractivity contribution in [1.82, 2.24) is 4.98 Å². The Hall–Kier alpha value is -1.52. The van der Waals surface area contributed by atoms with E-state index < -0.39 is 0 Å². The highest BCUT2D eigenvalue weighted by Gasteiger charge is 2.05. The first-order valence-corrected chi connectivity index (χ1v) is 5.88. The van der Waals surface area contributed by atoms with Gasteiger partial charge in [0.15, 0.2) is 0 Å². The van der Waals surface area contributed by atoms with E-state index in [9.17, 15) is 0 Å². The number of nitrogens with two attached hydrogens (primary N) is 2. The molecule has 0 aliphatic heterocycles. The molecule has 5 N–H and O–H groups in total. The summed E-state index contributed by atoms with van der Waals surface area (Å²) in [5, 5.41) is 5.75. The van der Waals surface area contributed by atoms with E-state index in [0.29, 0.717) is 17.3 Å². The van der Waals surface area contributed by atoms with E-state index in [-0.39, 0.29) is 0 Å². The van der Waals surface area contributed by atoms with E-state index in [1.807, 2.05) is 12.1 Å². The van der Waals surface area contributed by atoms with E-state index in [4.69, 9.17) is 23.1 Å². The second kappa shape index (κ2) is 5.21. The quantitative estimate of drug-likeness (QED) is 0.575. The molecule has 5 heteroatoms. The predicted octanol–water partition coefficient (Wildman–Crippen LogP) is 2.23. The van der Waals surface area contributed by atoms with Crippen molar-refractivity contribution in [2.24, 2.45) is 5.73 Å². The lowest BCUT2D eigenvalue weighted by Crippen LogP contribution is -2.09. The number of pyridine rings is 1. The molecular formula is C12H15ClN4. The van der Waals surface area contributed by atoms with Crippen LogP contribution in [0.2, 0.25) is 5.02 Å². The maximum absolute atomic E-state index is 6.00. The van der Waals surface area contributed by atoms with Gasteiger partial charge in [-0.1, -0.05) is 11.6 Å². The molecule has 0 radical (unpaired) electrons. The number of aromatic nitrogens is 1. The second-order valence-electron chi connectivity index (χ2n) is 3.82. The molecule has 0 aliphatic carbocycles. The molecule has 2 aromatic rings. The summed E-state index contributed by atoms with van der Waals surface area (Å²) in [6.45, 7) is 1.44. The highest BCUT2D eigenvalue weighted by molar-refractivity contribution is 6.32. The van der Waals surface area contributed by atoms with E-state index in [2.05, 4.69) is 10.3 Å². The Morgan fingerprint density at radius 1 is 1.29 bits per heavy atom. The van der Waals surface area contributed by atoms with Crippen molar-refractivity contribution in [1.29, 1.82) is 0 Å². The summed E-state index contributed by atoms with van der Waals surface area (Å²) < 4.78 is 0. The molecule has 4 nitrogen and oxygen atoms in total. The number of nitrogen functional groups attached to an aromatic ring is 1. The van der Waals surface area contributed by atoms with E-state index in [1.54, 1.807) is 12.3 Å². The number of nitrogens with zero attached hydrogens (tertiary/aromatic N) is 1. The molecule has 0 atom stereocenters. The van der Waals surface area contributed by atoms with Crippen LogP contribution in [0.15, 0.2) is 24.4 Å².